The van der Waals surface area contributed by atoms with E-state index in [-0.39, 0.29) is 4.21 Å². The molecular weight excluding hydrogens is 432 g/mol. The van der Waals surface area contributed by atoms with Crippen LogP contribution in [0.4, 0.5) is 10.5 Å². The number of halogens is 1. The Morgan fingerprint density at radius 2 is 1.66 bits per heavy atom. The third kappa shape index (κ3) is 3.79. The minimum Gasteiger partial charge on any atom is -0.386 e. The standard InChI is InChI=1S/C20H23ClN2O4S2/c1-20(2,25)11-9-16(28-10-11)29(26,27)23-19(24)22-18-14-7-3-5-12(14)17(21)13-6-4-8-15(13)18/h9-10,25H,3-8H2,1-2H3,(H2,22,23,24). The molecule has 0 saturated carbocycles. The van der Waals surface area contributed by atoms with Crippen molar-refractivity contribution in [2.45, 2.75) is 62.2 Å². The van der Waals surface area contributed by atoms with Crippen molar-refractivity contribution in [3.63, 3.8) is 0 Å². The number of urea groups is 1. The first-order valence-electron chi connectivity index (χ1n) is 9.58. The summed E-state index contributed by atoms with van der Waals surface area (Å²) in [6.07, 6.45) is 5.36. The van der Waals surface area contributed by atoms with Crippen LogP contribution in [0.5, 0.6) is 0 Å². The number of hydrogen-bond donors (Lipinski definition) is 3. The van der Waals surface area contributed by atoms with Crippen molar-refractivity contribution in [3.05, 3.63) is 44.3 Å². The number of fused-ring (bicyclic) bond motifs is 2. The van der Waals surface area contributed by atoms with Gasteiger partial charge in [0.05, 0.1) is 5.60 Å². The monoisotopic (exact) mass is 454 g/mol. The number of nitrogens with one attached hydrogen (secondary N) is 2. The van der Waals surface area contributed by atoms with Gasteiger partial charge in [0.1, 0.15) is 4.21 Å². The van der Waals surface area contributed by atoms with Crippen LogP contribution >= 0.6 is 22.9 Å². The summed E-state index contributed by atoms with van der Waals surface area (Å²) in [5.41, 5.74) is 4.28. The second-order valence-electron chi connectivity index (χ2n) is 8.08. The average Bonchev–Trinajstić information content (AvgIpc) is 3.37. The predicted octanol–water partition coefficient (Wildman–Crippen LogP) is 4.12. The number of carbonyl (C=O) groups is 1. The van der Waals surface area contributed by atoms with Gasteiger partial charge in [-0.1, -0.05) is 11.6 Å². The maximum atomic E-state index is 12.6. The van der Waals surface area contributed by atoms with Crippen molar-refractivity contribution in [1.29, 1.82) is 0 Å². The molecule has 4 rings (SSSR count). The van der Waals surface area contributed by atoms with Gasteiger partial charge in [0.25, 0.3) is 10.0 Å². The van der Waals surface area contributed by atoms with Gasteiger partial charge in [0, 0.05) is 10.7 Å². The van der Waals surface area contributed by atoms with E-state index in [1.165, 1.54) is 6.07 Å². The number of anilines is 1. The van der Waals surface area contributed by atoms with Crippen molar-refractivity contribution >= 4 is 44.7 Å². The van der Waals surface area contributed by atoms with Gasteiger partial charge in [-0.25, -0.2) is 17.9 Å². The van der Waals surface area contributed by atoms with Crippen LogP contribution in [0.1, 0.15) is 54.5 Å². The summed E-state index contributed by atoms with van der Waals surface area (Å²) in [5.74, 6) is 0. The highest BCUT2D eigenvalue weighted by molar-refractivity contribution is 7.92. The van der Waals surface area contributed by atoms with Gasteiger partial charge in [-0.3, -0.25) is 0 Å². The topological polar surface area (TPSA) is 95.5 Å². The van der Waals surface area contributed by atoms with Gasteiger partial charge in [-0.15, -0.1) is 11.3 Å². The van der Waals surface area contributed by atoms with Crippen LogP contribution in [0.25, 0.3) is 0 Å². The zero-order valence-electron chi connectivity index (χ0n) is 16.3. The lowest BCUT2D eigenvalue weighted by Gasteiger charge is -2.18. The zero-order valence-corrected chi connectivity index (χ0v) is 18.7. The second kappa shape index (κ2) is 7.27. The third-order valence-corrected chi connectivity index (χ3v) is 8.81. The van der Waals surface area contributed by atoms with Crippen molar-refractivity contribution < 1.29 is 18.3 Å². The van der Waals surface area contributed by atoms with E-state index < -0.39 is 21.7 Å². The molecule has 29 heavy (non-hydrogen) atoms. The van der Waals surface area contributed by atoms with E-state index in [0.29, 0.717) is 5.56 Å². The Bertz CT molecular complexity index is 1070. The summed E-state index contributed by atoms with van der Waals surface area (Å²) >= 11 is 7.56. The molecular formula is C20H23ClN2O4S2. The molecule has 1 aromatic heterocycles. The highest BCUT2D eigenvalue weighted by Crippen LogP contribution is 2.44. The number of carbonyl (C=O) groups excluding carboxylic acids is 1. The van der Waals surface area contributed by atoms with Gasteiger partial charge in [-0.2, -0.15) is 0 Å². The predicted molar refractivity (Wildman–Crippen MR) is 114 cm³/mol. The molecule has 2 aromatic rings. The number of rotatable bonds is 4. The molecule has 0 radical (unpaired) electrons. The number of hydrogen-bond acceptors (Lipinski definition) is 5. The van der Waals surface area contributed by atoms with Gasteiger partial charge in [0.2, 0.25) is 0 Å². The molecule has 2 aliphatic carbocycles. The molecule has 2 amide bonds. The van der Waals surface area contributed by atoms with E-state index in [0.717, 1.165) is 82.8 Å². The summed E-state index contributed by atoms with van der Waals surface area (Å²) in [5, 5.41) is 15.2. The first-order chi connectivity index (χ1) is 13.6. The molecule has 0 bridgehead atoms. The Labute approximate surface area is 179 Å². The minimum absolute atomic E-state index is 0.0173. The Kier molecular flexibility index (Phi) is 5.17. The van der Waals surface area contributed by atoms with Crippen molar-refractivity contribution in [2.24, 2.45) is 0 Å². The highest BCUT2D eigenvalue weighted by Gasteiger charge is 2.30. The summed E-state index contributed by atoms with van der Waals surface area (Å²) in [7, 11) is -4.04. The van der Waals surface area contributed by atoms with Gasteiger partial charge in [-0.05, 0) is 91.6 Å². The van der Waals surface area contributed by atoms with Crippen LogP contribution in [0.15, 0.2) is 15.7 Å². The largest absolute Gasteiger partial charge is 0.386 e. The fraction of sp³-hybridized carbons (Fsp3) is 0.450. The lowest BCUT2D eigenvalue weighted by molar-refractivity contribution is 0.0789. The first-order valence-corrected chi connectivity index (χ1v) is 12.3. The smallest absolute Gasteiger partial charge is 0.333 e. The summed E-state index contributed by atoms with van der Waals surface area (Å²) in [4.78, 5) is 12.6. The van der Waals surface area contributed by atoms with Crippen LogP contribution in [-0.4, -0.2) is 19.6 Å². The molecule has 3 N–H and O–H groups in total. The van der Waals surface area contributed by atoms with Crippen LogP contribution in [0.2, 0.25) is 5.02 Å². The second-order valence-corrected chi connectivity index (χ2v) is 11.3. The molecule has 2 aliphatic rings. The Morgan fingerprint density at radius 3 is 2.17 bits per heavy atom. The number of sulfonamides is 1. The normalized spacial score (nSPS) is 15.9. The van der Waals surface area contributed by atoms with Crippen molar-refractivity contribution in [3.8, 4) is 0 Å². The maximum absolute atomic E-state index is 12.6. The molecule has 0 spiro atoms. The maximum Gasteiger partial charge on any atom is 0.333 e. The van der Waals surface area contributed by atoms with Crippen molar-refractivity contribution in [1.82, 2.24) is 4.72 Å². The van der Waals surface area contributed by atoms with Crippen LogP contribution in [0.3, 0.4) is 0 Å². The molecule has 0 atom stereocenters. The average molecular weight is 455 g/mol. The molecule has 9 heteroatoms. The lowest BCUT2D eigenvalue weighted by Crippen LogP contribution is -2.34. The van der Waals surface area contributed by atoms with Crippen LogP contribution < -0.4 is 10.0 Å². The van der Waals surface area contributed by atoms with Crippen LogP contribution in [0, 0.1) is 0 Å². The van der Waals surface area contributed by atoms with E-state index in [1.807, 2.05) is 0 Å². The molecule has 0 unspecified atom stereocenters. The number of aliphatic hydroxyl groups is 1. The molecule has 1 heterocycles. The quantitative estimate of drug-likeness (QED) is 0.647. The molecule has 1 aromatic carbocycles. The minimum atomic E-state index is -4.04. The molecule has 0 aliphatic heterocycles. The molecule has 0 fully saturated rings. The van der Waals surface area contributed by atoms with E-state index in [9.17, 15) is 18.3 Å². The van der Waals surface area contributed by atoms with Crippen LogP contribution in [-0.2, 0) is 41.3 Å². The Hall–Kier alpha value is -1.61. The SMILES string of the molecule is CC(C)(O)c1csc(S(=O)(=O)NC(=O)Nc2c3c(c(Cl)c4c2CCC4)CCC3)c1. The van der Waals surface area contributed by atoms with Gasteiger partial charge in [0.15, 0.2) is 0 Å². The van der Waals surface area contributed by atoms with E-state index in [1.54, 1.807) is 19.2 Å². The van der Waals surface area contributed by atoms with E-state index >= 15 is 0 Å². The van der Waals surface area contributed by atoms with Gasteiger partial charge >= 0.3 is 6.03 Å². The van der Waals surface area contributed by atoms with E-state index in [2.05, 4.69) is 10.0 Å². The fourth-order valence-electron chi connectivity index (χ4n) is 4.13. The number of benzene rings is 1. The molecule has 6 nitrogen and oxygen atoms in total. The van der Waals surface area contributed by atoms with Gasteiger partial charge < -0.3 is 10.4 Å². The summed E-state index contributed by atoms with van der Waals surface area (Å²) in [6.45, 7) is 3.15. The van der Waals surface area contributed by atoms with E-state index in [4.69, 9.17) is 11.6 Å². The summed E-state index contributed by atoms with van der Waals surface area (Å²) < 4.78 is 27.3. The highest BCUT2D eigenvalue weighted by atomic mass is 35.5. The molecule has 0 saturated heterocycles. The summed E-state index contributed by atoms with van der Waals surface area (Å²) in [6, 6.07) is 0.603. The Morgan fingerprint density at radius 1 is 1.10 bits per heavy atom. The Balaban J connectivity index is 1.59. The first kappa shape index (κ1) is 20.7. The fourth-order valence-corrected chi connectivity index (χ4v) is 6.79. The lowest BCUT2D eigenvalue weighted by atomic mass is 9.98. The van der Waals surface area contributed by atoms with Crippen molar-refractivity contribution in [2.75, 3.05) is 5.32 Å². The molecule has 156 valence electrons. The third-order valence-electron chi connectivity index (χ3n) is 5.58. The number of thiophene rings is 1. The number of amides is 2. The zero-order chi connectivity index (χ0) is 21.0.